The molecule has 3 aliphatic rings. The van der Waals surface area contributed by atoms with Crippen molar-refractivity contribution in [1.82, 2.24) is 4.31 Å². The summed E-state index contributed by atoms with van der Waals surface area (Å²) in [6.45, 7) is 1.90. The van der Waals surface area contributed by atoms with Crippen molar-refractivity contribution in [3.05, 3.63) is 47.5 Å². The highest BCUT2D eigenvalue weighted by Crippen LogP contribution is 2.41. The van der Waals surface area contributed by atoms with E-state index in [9.17, 15) is 8.42 Å². The molecule has 0 aliphatic carbocycles. The highest BCUT2D eigenvalue weighted by molar-refractivity contribution is 7.99. The van der Waals surface area contributed by atoms with E-state index in [4.69, 9.17) is 14.2 Å². The molecule has 0 spiro atoms. The Bertz CT molecular complexity index is 1010. The van der Waals surface area contributed by atoms with E-state index in [0.29, 0.717) is 24.6 Å². The van der Waals surface area contributed by atoms with Crippen molar-refractivity contribution in [3.8, 4) is 17.2 Å². The van der Waals surface area contributed by atoms with Gasteiger partial charge >= 0.3 is 0 Å². The standard InChI is InChI=1S/C20H21NO5S2/c22-28(23,16-2-4-17-14(11-16)6-9-24-17)21-7-5-20(27-10-8-21)15-1-3-18-19(12-15)26-13-25-18/h1-4,11-12,20H,5-10,13H2/t20-/m1/s1. The molecule has 0 amide bonds. The van der Waals surface area contributed by atoms with Crippen LogP contribution in [-0.4, -0.2) is 45.0 Å². The van der Waals surface area contributed by atoms with Gasteiger partial charge in [-0.05, 0) is 47.9 Å². The average Bonchev–Trinajstić information content (AvgIpc) is 3.29. The lowest BCUT2D eigenvalue weighted by Gasteiger charge is -2.20. The zero-order valence-corrected chi connectivity index (χ0v) is 16.9. The molecule has 6 nitrogen and oxygen atoms in total. The molecule has 0 saturated carbocycles. The second-order valence-electron chi connectivity index (χ2n) is 7.03. The van der Waals surface area contributed by atoms with E-state index in [1.165, 1.54) is 0 Å². The van der Waals surface area contributed by atoms with Gasteiger partial charge in [0.2, 0.25) is 16.8 Å². The lowest BCUT2D eigenvalue weighted by atomic mass is 10.1. The maximum Gasteiger partial charge on any atom is 0.243 e. The van der Waals surface area contributed by atoms with E-state index in [0.717, 1.165) is 47.0 Å². The van der Waals surface area contributed by atoms with E-state index < -0.39 is 10.0 Å². The summed E-state index contributed by atoms with van der Waals surface area (Å²) in [4.78, 5) is 0.364. The van der Waals surface area contributed by atoms with Crippen LogP contribution in [0.4, 0.5) is 0 Å². The van der Waals surface area contributed by atoms with Crippen LogP contribution in [0.2, 0.25) is 0 Å². The quantitative estimate of drug-likeness (QED) is 0.761. The summed E-state index contributed by atoms with van der Waals surface area (Å²) in [5.41, 5.74) is 2.13. The molecule has 0 unspecified atom stereocenters. The van der Waals surface area contributed by atoms with E-state index in [2.05, 4.69) is 6.07 Å². The summed E-state index contributed by atoms with van der Waals surface area (Å²) >= 11 is 1.80. The molecule has 5 rings (SSSR count). The lowest BCUT2D eigenvalue weighted by Crippen LogP contribution is -2.33. The van der Waals surface area contributed by atoms with Gasteiger partial charge in [-0.2, -0.15) is 16.1 Å². The third-order valence-electron chi connectivity index (χ3n) is 5.37. The first-order valence-corrected chi connectivity index (χ1v) is 11.9. The fourth-order valence-corrected chi connectivity index (χ4v) is 6.69. The Labute approximate surface area is 168 Å². The first-order valence-electron chi connectivity index (χ1n) is 9.38. The number of thioether (sulfide) groups is 1. The largest absolute Gasteiger partial charge is 0.493 e. The third kappa shape index (κ3) is 3.23. The number of hydrogen-bond donors (Lipinski definition) is 0. The molecule has 0 aromatic heterocycles. The van der Waals surface area contributed by atoms with Gasteiger partial charge in [-0.15, -0.1) is 0 Å². The normalized spacial score (nSPS) is 21.8. The number of fused-ring (bicyclic) bond motifs is 2. The number of nitrogens with zero attached hydrogens (tertiary/aromatic N) is 1. The van der Waals surface area contributed by atoms with Crippen molar-refractivity contribution in [2.75, 3.05) is 32.2 Å². The lowest BCUT2D eigenvalue weighted by molar-refractivity contribution is 0.174. The van der Waals surface area contributed by atoms with Crippen LogP contribution in [0, 0.1) is 0 Å². The zero-order valence-electron chi connectivity index (χ0n) is 15.3. The number of hydrogen-bond acceptors (Lipinski definition) is 6. The Morgan fingerprint density at radius 1 is 0.964 bits per heavy atom. The van der Waals surface area contributed by atoms with Crippen LogP contribution in [0.5, 0.6) is 17.2 Å². The van der Waals surface area contributed by atoms with Gasteiger partial charge in [0, 0.05) is 30.5 Å². The molecule has 0 radical (unpaired) electrons. The summed E-state index contributed by atoms with van der Waals surface area (Å²) in [6, 6.07) is 11.2. The fourth-order valence-electron chi connectivity index (χ4n) is 3.84. The van der Waals surface area contributed by atoms with Crippen LogP contribution in [0.15, 0.2) is 41.3 Å². The Morgan fingerprint density at radius 3 is 2.75 bits per heavy atom. The molecule has 3 heterocycles. The van der Waals surface area contributed by atoms with Crippen molar-refractivity contribution in [2.45, 2.75) is 23.0 Å². The van der Waals surface area contributed by atoms with Crippen LogP contribution in [-0.2, 0) is 16.4 Å². The number of sulfonamides is 1. The van der Waals surface area contributed by atoms with Crippen molar-refractivity contribution in [1.29, 1.82) is 0 Å². The molecule has 3 aliphatic heterocycles. The molecule has 2 aromatic rings. The summed E-state index contributed by atoms with van der Waals surface area (Å²) in [7, 11) is -3.50. The Morgan fingerprint density at radius 2 is 1.82 bits per heavy atom. The molecule has 2 aromatic carbocycles. The smallest absolute Gasteiger partial charge is 0.243 e. The fraction of sp³-hybridized carbons (Fsp3) is 0.400. The van der Waals surface area contributed by atoms with Gasteiger partial charge in [-0.3, -0.25) is 0 Å². The van der Waals surface area contributed by atoms with Gasteiger partial charge in [0.1, 0.15) is 5.75 Å². The molecular formula is C20H21NO5S2. The third-order valence-corrected chi connectivity index (χ3v) is 8.59. The van der Waals surface area contributed by atoms with Crippen LogP contribution in [0.1, 0.15) is 22.8 Å². The van der Waals surface area contributed by atoms with Crippen LogP contribution in [0.25, 0.3) is 0 Å². The maximum absolute atomic E-state index is 13.2. The SMILES string of the molecule is O=S(=O)(c1ccc2c(c1)CCO2)N1CCS[C@@H](c2ccc3c(c2)OCO3)CC1. The summed E-state index contributed by atoms with van der Waals surface area (Å²) in [6.07, 6.45) is 1.53. The van der Waals surface area contributed by atoms with E-state index in [1.807, 2.05) is 12.1 Å². The number of ether oxygens (including phenoxy) is 3. The zero-order chi connectivity index (χ0) is 19.1. The highest BCUT2D eigenvalue weighted by atomic mass is 32.2. The minimum absolute atomic E-state index is 0.239. The van der Waals surface area contributed by atoms with Crippen molar-refractivity contribution < 1.29 is 22.6 Å². The minimum atomic E-state index is -3.50. The van der Waals surface area contributed by atoms with Crippen molar-refractivity contribution in [2.24, 2.45) is 0 Å². The Balaban J connectivity index is 1.34. The van der Waals surface area contributed by atoms with E-state index in [-0.39, 0.29) is 12.0 Å². The average molecular weight is 420 g/mol. The second kappa shape index (κ2) is 7.17. The van der Waals surface area contributed by atoms with Gasteiger partial charge in [-0.25, -0.2) is 8.42 Å². The number of benzene rings is 2. The maximum atomic E-state index is 13.2. The highest BCUT2D eigenvalue weighted by Gasteiger charge is 2.30. The number of rotatable bonds is 3. The molecule has 8 heteroatoms. The monoisotopic (exact) mass is 419 g/mol. The second-order valence-corrected chi connectivity index (χ2v) is 10.3. The van der Waals surface area contributed by atoms with Gasteiger partial charge in [0.15, 0.2) is 11.5 Å². The van der Waals surface area contributed by atoms with Crippen molar-refractivity contribution in [3.63, 3.8) is 0 Å². The molecule has 0 bridgehead atoms. The van der Waals surface area contributed by atoms with Crippen LogP contribution < -0.4 is 14.2 Å². The molecule has 1 fully saturated rings. The minimum Gasteiger partial charge on any atom is -0.493 e. The van der Waals surface area contributed by atoms with Gasteiger partial charge < -0.3 is 14.2 Å². The summed E-state index contributed by atoms with van der Waals surface area (Å²) in [5.74, 6) is 3.10. The summed E-state index contributed by atoms with van der Waals surface area (Å²) < 4.78 is 44.3. The molecule has 148 valence electrons. The molecule has 28 heavy (non-hydrogen) atoms. The molecular weight excluding hydrogens is 398 g/mol. The van der Waals surface area contributed by atoms with E-state index >= 15 is 0 Å². The predicted octanol–water partition coefficient (Wildman–Crippen LogP) is 3.22. The van der Waals surface area contributed by atoms with E-state index in [1.54, 1.807) is 34.3 Å². The first-order chi connectivity index (χ1) is 13.6. The predicted molar refractivity (Wildman–Crippen MR) is 107 cm³/mol. The topological polar surface area (TPSA) is 65.1 Å². The van der Waals surface area contributed by atoms with Gasteiger partial charge in [0.25, 0.3) is 0 Å². The Hall–Kier alpha value is -1.90. The van der Waals surface area contributed by atoms with Crippen molar-refractivity contribution >= 4 is 21.8 Å². The molecule has 1 atom stereocenters. The molecule has 1 saturated heterocycles. The molecule has 0 N–H and O–H groups in total. The van der Waals surface area contributed by atoms with Gasteiger partial charge in [0.05, 0.1) is 11.5 Å². The van der Waals surface area contributed by atoms with Gasteiger partial charge in [-0.1, -0.05) is 6.07 Å². The van der Waals surface area contributed by atoms with Crippen LogP contribution >= 0.6 is 11.8 Å². The Kier molecular flexibility index (Phi) is 4.65. The first kappa shape index (κ1) is 18.1. The summed E-state index contributed by atoms with van der Waals surface area (Å²) in [5, 5.41) is 0.239. The van der Waals surface area contributed by atoms with Crippen LogP contribution in [0.3, 0.4) is 0 Å².